The minimum atomic E-state index is 0.553. The number of nitrogens with zero attached hydrogens (tertiary/aromatic N) is 5. The molecule has 0 aliphatic heterocycles. The molecule has 7 aromatic carbocycles. The number of hydrogen-bond donors (Lipinski definition) is 0. The zero-order valence-corrected chi connectivity index (χ0v) is 29.8. The van der Waals surface area contributed by atoms with Gasteiger partial charge in [0.1, 0.15) is 28.0 Å². The summed E-state index contributed by atoms with van der Waals surface area (Å²) < 4.78 is 13.0. The second kappa shape index (κ2) is 13.0. The molecule has 0 atom stereocenters. The summed E-state index contributed by atoms with van der Waals surface area (Å²) in [4.78, 5) is 24.9. The first-order chi connectivity index (χ1) is 27.7. The molecule has 7 heteroatoms. The van der Waals surface area contributed by atoms with Crippen molar-refractivity contribution in [2.75, 3.05) is 0 Å². The second-order valence-electron chi connectivity index (χ2n) is 13.6. The van der Waals surface area contributed by atoms with Crippen LogP contribution in [0.3, 0.4) is 0 Å². The Bertz CT molecular complexity index is 3170. The van der Waals surface area contributed by atoms with E-state index in [1.165, 1.54) is 0 Å². The standard InChI is InChI=1S/C49H29N5O2/c1-4-13-31(14-5-1)42-45-43(38-19-10-11-22-40(38)55-45)51-46(50-42)34-25-23-30(24-26-34)35-27-28-36-37-20-12-21-39(44(37)56-41(36)29-35)49-53-47(32-15-6-2-7-16-32)52-48(54-49)33-17-8-3-9-18-33/h1-29H. The number of aromatic nitrogens is 5. The molecule has 0 aliphatic carbocycles. The monoisotopic (exact) mass is 719 g/mol. The predicted molar refractivity (Wildman–Crippen MR) is 223 cm³/mol. The molecule has 0 fully saturated rings. The Labute approximate surface area is 320 Å². The summed E-state index contributed by atoms with van der Waals surface area (Å²) in [7, 11) is 0. The molecule has 0 bridgehead atoms. The summed E-state index contributed by atoms with van der Waals surface area (Å²) >= 11 is 0. The van der Waals surface area contributed by atoms with Crippen molar-refractivity contribution in [3.63, 3.8) is 0 Å². The van der Waals surface area contributed by atoms with Gasteiger partial charge in [-0.3, -0.25) is 0 Å². The van der Waals surface area contributed by atoms with Crippen LogP contribution in [0.25, 0.3) is 112 Å². The van der Waals surface area contributed by atoms with Crippen molar-refractivity contribution in [1.29, 1.82) is 0 Å². The fourth-order valence-electron chi connectivity index (χ4n) is 7.41. The third kappa shape index (κ3) is 5.41. The van der Waals surface area contributed by atoms with Crippen LogP contribution < -0.4 is 0 Å². The topological polar surface area (TPSA) is 90.7 Å². The molecule has 0 saturated carbocycles. The van der Waals surface area contributed by atoms with Crippen molar-refractivity contribution in [2.24, 2.45) is 0 Å². The summed E-state index contributed by atoms with van der Waals surface area (Å²) in [5, 5.41) is 2.98. The zero-order chi connectivity index (χ0) is 37.0. The molecule has 0 aliphatic rings. The zero-order valence-electron chi connectivity index (χ0n) is 29.8. The van der Waals surface area contributed by atoms with Crippen LogP contribution in [-0.4, -0.2) is 24.9 Å². The summed E-state index contributed by atoms with van der Waals surface area (Å²) in [6, 6.07) is 58.9. The third-order valence-corrected chi connectivity index (χ3v) is 10.2. The van der Waals surface area contributed by atoms with E-state index in [2.05, 4.69) is 48.5 Å². The first-order valence-electron chi connectivity index (χ1n) is 18.4. The minimum Gasteiger partial charge on any atom is -0.455 e. The average molecular weight is 720 g/mol. The maximum absolute atomic E-state index is 6.68. The van der Waals surface area contributed by atoms with Crippen molar-refractivity contribution < 1.29 is 8.83 Å². The van der Waals surface area contributed by atoms with E-state index in [-0.39, 0.29) is 0 Å². The van der Waals surface area contributed by atoms with Crippen molar-refractivity contribution in [1.82, 2.24) is 24.9 Å². The summed E-state index contributed by atoms with van der Waals surface area (Å²) in [6.45, 7) is 0. The lowest BCUT2D eigenvalue weighted by Crippen LogP contribution is -2.00. The predicted octanol–water partition coefficient (Wildman–Crippen LogP) is 12.5. The van der Waals surface area contributed by atoms with E-state index in [9.17, 15) is 0 Å². The van der Waals surface area contributed by atoms with E-state index < -0.39 is 0 Å². The number of hydrogen-bond acceptors (Lipinski definition) is 7. The molecule has 11 rings (SSSR count). The summed E-state index contributed by atoms with van der Waals surface area (Å²) in [5.41, 5.74) is 11.2. The smallest absolute Gasteiger partial charge is 0.180 e. The largest absolute Gasteiger partial charge is 0.455 e. The highest BCUT2D eigenvalue weighted by Crippen LogP contribution is 2.39. The van der Waals surface area contributed by atoms with Crippen LogP contribution in [0.5, 0.6) is 0 Å². The molecule has 56 heavy (non-hydrogen) atoms. The summed E-state index contributed by atoms with van der Waals surface area (Å²) in [6.07, 6.45) is 0. The van der Waals surface area contributed by atoms with Gasteiger partial charge in [0, 0.05) is 38.4 Å². The highest BCUT2D eigenvalue weighted by molar-refractivity contribution is 6.10. The molecule has 0 unspecified atom stereocenters. The lowest BCUT2D eigenvalue weighted by Gasteiger charge is -2.08. The second-order valence-corrected chi connectivity index (χ2v) is 13.6. The highest BCUT2D eigenvalue weighted by atomic mass is 16.3. The first-order valence-corrected chi connectivity index (χ1v) is 18.4. The molecular formula is C49H29N5O2. The van der Waals surface area contributed by atoms with Gasteiger partial charge in [0.25, 0.3) is 0 Å². The van der Waals surface area contributed by atoms with Crippen LogP contribution in [0, 0.1) is 0 Å². The van der Waals surface area contributed by atoms with Gasteiger partial charge < -0.3 is 8.83 Å². The quantitative estimate of drug-likeness (QED) is 0.169. The van der Waals surface area contributed by atoms with Crippen LogP contribution in [0.1, 0.15) is 0 Å². The van der Waals surface area contributed by atoms with Gasteiger partial charge in [0.15, 0.2) is 28.9 Å². The van der Waals surface area contributed by atoms with Crippen molar-refractivity contribution >= 4 is 44.0 Å². The Hall–Kier alpha value is -7.77. The van der Waals surface area contributed by atoms with E-state index in [0.29, 0.717) is 28.9 Å². The van der Waals surface area contributed by atoms with Gasteiger partial charge in [-0.15, -0.1) is 0 Å². The fraction of sp³-hybridized carbons (Fsp3) is 0. The van der Waals surface area contributed by atoms with E-state index in [4.69, 9.17) is 33.8 Å². The molecular weight excluding hydrogens is 691 g/mol. The maximum atomic E-state index is 6.68. The molecule has 7 nitrogen and oxygen atoms in total. The van der Waals surface area contributed by atoms with Crippen LogP contribution in [0.4, 0.5) is 0 Å². The Morgan fingerprint density at radius 2 is 0.839 bits per heavy atom. The third-order valence-electron chi connectivity index (χ3n) is 10.2. The molecule has 0 N–H and O–H groups in total. The van der Waals surface area contributed by atoms with Crippen molar-refractivity contribution in [3.05, 3.63) is 176 Å². The van der Waals surface area contributed by atoms with Crippen molar-refractivity contribution in [3.8, 4) is 67.9 Å². The lowest BCUT2D eigenvalue weighted by molar-refractivity contribution is 0.667. The molecule has 0 saturated heterocycles. The van der Waals surface area contributed by atoms with Gasteiger partial charge in [-0.2, -0.15) is 0 Å². The number of para-hydroxylation sites is 2. The molecule has 11 aromatic rings. The van der Waals surface area contributed by atoms with E-state index in [1.54, 1.807) is 0 Å². The molecule has 0 spiro atoms. The van der Waals surface area contributed by atoms with Crippen LogP contribution >= 0.6 is 0 Å². The Kier molecular flexibility index (Phi) is 7.35. The summed E-state index contributed by atoms with van der Waals surface area (Å²) in [5.74, 6) is 2.40. The minimum absolute atomic E-state index is 0.553. The van der Waals surface area contributed by atoms with E-state index in [0.717, 1.165) is 83.1 Å². The molecule has 4 aromatic heterocycles. The van der Waals surface area contributed by atoms with Gasteiger partial charge in [-0.1, -0.05) is 146 Å². The Morgan fingerprint density at radius 1 is 0.304 bits per heavy atom. The average Bonchev–Trinajstić information content (AvgIpc) is 3.85. The normalized spacial score (nSPS) is 11.6. The first kappa shape index (κ1) is 31.7. The Balaban J connectivity index is 0.986. The van der Waals surface area contributed by atoms with Gasteiger partial charge in [0.05, 0.1) is 5.56 Å². The number of fused-ring (bicyclic) bond motifs is 6. The van der Waals surface area contributed by atoms with Gasteiger partial charge in [-0.25, -0.2) is 24.9 Å². The highest BCUT2D eigenvalue weighted by Gasteiger charge is 2.20. The van der Waals surface area contributed by atoms with Gasteiger partial charge in [-0.05, 0) is 41.5 Å². The Morgan fingerprint density at radius 3 is 1.55 bits per heavy atom. The van der Waals surface area contributed by atoms with Crippen LogP contribution in [0.2, 0.25) is 0 Å². The maximum Gasteiger partial charge on any atom is 0.180 e. The van der Waals surface area contributed by atoms with Gasteiger partial charge in [0.2, 0.25) is 0 Å². The fourth-order valence-corrected chi connectivity index (χ4v) is 7.41. The van der Waals surface area contributed by atoms with Crippen molar-refractivity contribution in [2.45, 2.75) is 0 Å². The molecule has 0 amide bonds. The molecule has 0 radical (unpaired) electrons. The lowest BCUT2D eigenvalue weighted by atomic mass is 10.0. The van der Waals surface area contributed by atoms with E-state index in [1.807, 2.05) is 127 Å². The SMILES string of the molecule is c1ccc(-c2nc(-c3ccccc3)nc(-c3cccc4c3oc3cc(-c5ccc(-c6nc(-c7ccccc7)c7oc8ccccc8c7n6)cc5)ccc34)n2)cc1. The number of rotatable bonds is 6. The molecule has 262 valence electrons. The van der Waals surface area contributed by atoms with Crippen LogP contribution in [0.15, 0.2) is 185 Å². The number of benzene rings is 7. The number of furan rings is 2. The molecule has 4 heterocycles. The van der Waals surface area contributed by atoms with Gasteiger partial charge >= 0.3 is 0 Å². The van der Waals surface area contributed by atoms with E-state index >= 15 is 0 Å². The van der Waals surface area contributed by atoms with Crippen LogP contribution in [-0.2, 0) is 0 Å².